The van der Waals surface area contributed by atoms with E-state index in [1.807, 2.05) is 6.92 Å². The Morgan fingerprint density at radius 2 is 2.41 bits per heavy atom. The molecule has 6 heteroatoms. The third-order valence-corrected chi connectivity index (χ3v) is 6.20. The van der Waals surface area contributed by atoms with Gasteiger partial charge in [-0.3, -0.25) is 0 Å². The number of piperidine rings is 1. The monoisotopic (exact) mass is 274 g/mol. The molecule has 4 nitrogen and oxygen atoms in total. The summed E-state index contributed by atoms with van der Waals surface area (Å²) in [4.78, 5) is 0. The molecule has 96 valence electrons. The summed E-state index contributed by atoms with van der Waals surface area (Å²) in [5.41, 5.74) is 0. The molecule has 1 aromatic heterocycles. The zero-order valence-electron chi connectivity index (χ0n) is 9.93. The lowest BCUT2D eigenvalue weighted by Crippen LogP contribution is -2.47. The van der Waals surface area contributed by atoms with Gasteiger partial charge in [-0.2, -0.15) is 4.31 Å². The number of likely N-dealkylation sites (N-methyl/N-ethyl adjacent to an activating group) is 1. The number of rotatable bonds is 4. The Bertz CT molecular complexity index is 440. The van der Waals surface area contributed by atoms with Gasteiger partial charge in [-0.1, -0.05) is 13.0 Å². The van der Waals surface area contributed by atoms with Crippen LogP contribution in [-0.4, -0.2) is 38.4 Å². The smallest absolute Gasteiger partial charge is 0.252 e. The predicted octanol–water partition coefficient (Wildman–Crippen LogP) is 1.51. The second-order valence-electron chi connectivity index (χ2n) is 4.19. The van der Waals surface area contributed by atoms with Gasteiger partial charge >= 0.3 is 0 Å². The lowest BCUT2D eigenvalue weighted by atomic mass is 10.1. The van der Waals surface area contributed by atoms with Crippen LogP contribution in [0.3, 0.4) is 0 Å². The Labute approximate surface area is 107 Å². The quantitative estimate of drug-likeness (QED) is 0.905. The van der Waals surface area contributed by atoms with E-state index in [0.29, 0.717) is 23.3 Å². The van der Waals surface area contributed by atoms with E-state index in [1.165, 1.54) is 11.3 Å². The number of sulfonamides is 1. The standard InChI is InChI=1S/C11H18N2O2S2/c1-2-12-10-5-3-7-13(9-10)17(14,15)11-6-4-8-16-11/h4,6,8,10,12H,2-3,5,7,9H2,1H3. The van der Waals surface area contributed by atoms with Crippen LogP contribution < -0.4 is 5.32 Å². The molecule has 1 aliphatic heterocycles. The lowest BCUT2D eigenvalue weighted by Gasteiger charge is -2.31. The lowest BCUT2D eigenvalue weighted by molar-refractivity contribution is 0.286. The van der Waals surface area contributed by atoms with E-state index >= 15 is 0 Å². The van der Waals surface area contributed by atoms with Gasteiger partial charge < -0.3 is 5.32 Å². The topological polar surface area (TPSA) is 49.4 Å². The van der Waals surface area contributed by atoms with Gasteiger partial charge in [-0.05, 0) is 30.8 Å². The summed E-state index contributed by atoms with van der Waals surface area (Å²) in [6.07, 6.45) is 1.99. The van der Waals surface area contributed by atoms with Crippen LogP contribution in [0.2, 0.25) is 0 Å². The minimum Gasteiger partial charge on any atom is -0.313 e. The first kappa shape index (κ1) is 13.0. The summed E-state index contributed by atoms with van der Waals surface area (Å²) < 4.78 is 26.7. The molecule has 0 amide bonds. The van der Waals surface area contributed by atoms with Gasteiger partial charge in [0, 0.05) is 19.1 Å². The van der Waals surface area contributed by atoms with Crippen LogP contribution >= 0.6 is 11.3 Å². The summed E-state index contributed by atoms with van der Waals surface area (Å²) in [6, 6.07) is 3.75. The van der Waals surface area contributed by atoms with Crippen molar-refractivity contribution in [1.29, 1.82) is 0 Å². The molecule has 1 N–H and O–H groups in total. The van der Waals surface area contributed by atoms with E-state index in [4.69, 9.17) is 0 Å². The maximum Gasteiger partial charge on any atom is 0.252 e. The van der Waals surface area contributed by atoms with Crippen LogP contribution in [0, 0.1) is 0 Å². The summed E-state index contributed by atoms with van der Waals surface area (Å²) in [5.74, 6) is 0. The van der Waals surface area contributed by atoms with E-state index in [2.05, 4.69) is 5.32 Å². The fourth-order valence-electron chi connectivity index (χ4n) is 2.15. The molecule has 0 radical (unpaired) electrons. The largest absolute Gasteiger partial charge is 0.313 e. The van der Waals surface area contributed by atoms with E-state index in [1.54, 1.807) is 21.8 Å². The first-order valence-corrected chi connectivity index (χ1v) is 8.23. The molecular weight excluding hydrogens is 256 g/mol. The third-order valence-electron chi connectivity index (χ3n) is 2.97. The SMILES string of the molecule is CCNC1CCCN(S(=O)(=O)c2cccs2)C1. The van der Waals surface area contributed by atoms with Gasteiger partial charge in [0.15, 0.2) is 0 Å². The number of thiophene rings is 1. The third kappa shape index (κ3) is 2.88. The van der Waals surface area contributed by atoms with Crippen molar-refractivity contribution in [2.75, 3.05) is 19.6 Å². The molecule has 17 heavy (non-hydrogen) atoms. The molecule has 1 atom stereocenters. The van der Waals surface area contributed by atoms with Crippen molar-refractivity contribution >= 4 is 21.4 Å². The molecule has 0 aliphatic carbocycles. The van der Waals surface area contributed by atoms with Gasteiger partial charge in [-0.15, -0.1) is 11.3 Å². The van der Waals surface area contributed by atoms with E-state index < -0.39 is 10.0 Å². The Kier molecular flexibility index (Phi) is 4.19. The normalized spacial score (nSPS) is 22.8. The van der Waals surface area contributed by atoms with Crippen molar-refractivity contribution in [3.8, 4) is 0 Å². The maximum absolute atomic E-state index is 12.3. The van der Waals surface area contributed by atoms with Crippen molar-refractivity contribution in [3.63, 3.8) is 0 Å². The van der Waals surface area contributed by atoms with Gasteiger partial charge in [0.1, 0.15) is 4.21 Å². The molecule has 0 saturated carbocycles. The van der Waals surface area contributed by atoms with Crippen molar-refractivity contribution < 1.29 is 8.42 Å². The zero-order chi connectivity index (χ0) is 12.3. The summed E-state index contributed by atoms with van der Waals surface area (Å²) in [5, 5.41) is 5.13. The number of hydrogen-bond donors (Lipinski definition) is 1. The van der Waals surface area contributed by atoms with Crippen LogP contribution in [0.5, 0.6) is 0 Å². The highest BCUT2D eigenvalue weighted by Gasteiger charge is 2.30. The van der Waals surface area contributed by atoms with Gasteiger partial charge in [0.05, 0.1) is 0 Å². The van der Waals surface area contributed by atoms with Crippen molar-refractivity contribution in [3.05, 3.63) is 17.5 Å². The molecule has 0 spiro atoms. The Morgan fingerprint density at radius 3 is 3.06 bits per heavy atom. The Hall–Kier alpha value is -0.430. The zero-order valence-corrected chi connectivity index (χ0v) is 11.6. The van der Waals surface area contributed by atoms with Crippen molar-refractivity contribution in [2.45, 2.75) is 30.0 Å². The number of nitrogens with one attached hydrogen (secondary N) is 1. The fourth-order valence-corrected chi connectivity index (χ4v) is 4.82. The minimum absolute atomic E-state index is 0.295. The molecule has 2 heterocycles. The Morgan fingerprint density at radius 1 is 1.59 bits per heavy atom. The highest BCUT2D eigenvalue weighted by molar-refractivity contribution is 7.91. The van der Waals surface area contributed by atoms with Crippen LogP contribution in [0.25, 0.3) is 0 Å². The molecule has 1 unspecified atom stereocenters. The minimum atomic E-state index is -3.26. The number of nitrogens with zero attached hydrogens (tertiary/aromatic N) is 1. The van der Waals surface area contributed by atoms with Gasteiger partial charge in [0.25, 0.3) is 10.0 Å². The van der Waals surface area contributed by atoms with Crippen LogP contribution in [0.15, 0.2) is 21.7 Å². The highest BCUT2D eigenvalue weighted by Crippen LogP contribution is 2.24. The average molecular weight is 274 g/mol. The van der Waals surface area contributed by atoms with Crippen LogP contribution in [0.4, 0.5) is 0 Å². The van der Waals surface area contributed by atoms with Crippen molar-refractivity contribution in [2.24, 2.45) is 0 Å². The highest BCUT2D eigenvalue weighted by atomic mass is 32.2. The van der Waals surface area contributed by atoms with Crippen LogP contribution in [0.1, 0.15) is 19.8 Å². The molecule has 1 fully saturated rings. The van der Waals surface area contributed by atoms with E-state index in [0.717, 1.165) is 19.4 Å². The molecule has 0 aromatic carbocycles. The molecule has 1 aromatic rings. The maximum atomic E-state index is 12.3. The Balaban J connectivity index is 2.12. The summed E-state index contributed by atoms with van der Waals surface area (Å²) in [6.45, 7) is 4.17. The predicted molar refractivity (Wildman–Crippen MR) is 69.8 cm³/mol. The molecule has 2 rings (SSSR count). The first-order chi connectivity index (χ1) is 8.14. The molecule has 1 aliphatic rings. The summed E-state index contributed by atoms with van der Waals surface area (Å²) in [7, 11) is -3.26. The van der Waals surface area contributed by atoms with Gasteiger partial charge in [0.2, 0.25) is 0 Å². The fraction of sp³-hybridized carbons (Fsp3) is 0.636. The number of hydrogen-bond acceptors (Lipinski definition) is 4. The second-order valence-corrected chi connectivity index (χ2v) is 7.30. The average Bonchev–Trinajstić information content (AvgIpc) is 2.84. The second kappa shape index (κ2) is 5.48. The van der Waals surface area contributed by atoms with Crippen molar-refractivity contribution in [1.82, 2.24) is 9.62 Å². The summed E-state index contributed by atoms with van der Waals surface area (Å²) >= 11 is 1.29. The van der Waals surface area contributed by atoms with E-state index in [9.17, 15) is 8.42 Å². The molecular formula is C11H18N2O2S2. The molecule has 1 saturated heterocycles. The van der Waals surface area contributed by atoms with Crippen LogP contribution in [-0.2, 0) is 10.0 Å². The van der Waals surface area contributed by atoms with E-state index in [-0.39, 0.29) is 0 Å². The first-order valence-electron chi connectivity index (χ1n) is 5.91. The van der Waals surface area contributed by atoms with Gasteiger partial charge in [-0.25, -0.2) is 8.42 Å². The molecule has 0 bridgehead atoms.